The van der Waals surface area contributed by atoms with Crippen molar-refractivity contribution in [3.8, 4) is 0 Å². The molecule has 0 saturated heterocycles. The predicted molar refractivity (Wildman–Crippen MR) is 64.8 cm³/mol. The SMILES string of the molecule is CC(=O)CCC1C(C)=CCCCC1(C)C. The molecule has 0 aromatic heterocycles. The fourth-order valence-electron chi connectivity index (χ4n) is 2.79. The maximum atomic E-state index is 11.1. The number of ketones is 1. The molecule has 0 radical (unpaired) electrons. The lowest BCUT2D eigenvalue weighted by Crippen LogP contribution is -2.24. The van der Waals surface area contributed by atoms with E-state index in [1.54, 1.807) is 6.92 Å². The van der Waals surface area contributed by atoms with Crippen LogP contribution in [-0.4, -0.2) is 5.78 Å². The smallest absolute Gasteiger partial charge is 0.129 e. The van der Waals surface area contributed by atoms with Gasteiger partial charge in [-0.15, -0.1) is 0 Å². The van der Waals surface area contributed by atoms with Gasteiger partial charge in [-0.25, -0.2) is 0 Å². The molecule has 15 heavy (non-hydrogen) atoms. The highest BCUT2D eigenvalue weighted by molar-refractivity contribution is 5.75. The Kier molecular flexibility index (Phi) is 4.12. The normalized spacial score (nSPS) is 25.6. The second kappa shape index (κ2) is 4.96. The molecule has 0 aromatic rings. The Morgan fingerprint density at radius 1 is 1.53 bits per heavy atom. The molecule has 0 aliphatic heterocycles. The maximum Gasteiger partial charge on any atom is 0.129 e. The van der Waals surface area contributed by atoms with Crippen molar-refractivity contribution in [1.29, 1.82) is 0 Å². The lowest BCUT2D eigenvalue weighted by atomic mass is 9.71. The third kappa shape index (κ3) is 3.48. The molecule has 0 aromatic carbocycles. The van der Waals surface area contributed by atoms with Crippen molar-refractivity contribution in [2.75, 3.05) is 0 Å². The van der Waals surface area contributed by atoms with E-state index in [1.165, 1.54) is 24.8 Å². The summed E-state index contributed by atoms with van der Waals surface area (Å²) < 4.78 is 0. The summed E-state index contributed by atoms with van der Waals surface area (Å²) in [5.74, 6) is 0.923. The van der Waals surface area contributed by atoms with Crippen molar-refractivity contribution in [2.24, 2.45) is 11.3 Å². The minimum atomic E-state index is 0.322. The van der Waals surface area contributed by atoms with Gasteiger partial charge in [0.25, 0.3) is 0 Å². The van der Waals surface area contributed by atoms with Gasteiger partial charge in [0.15, 0.2) is 0 Å². The molecule has 0 fully saturated rings. The fraction of sp³-hybridized carbons (Fsp3) is 0.786. The van der Waals surface area contributed by atoms with E-state index in [-0.39, 0.29) is 0 Å². The van der Waals surface area contributed by atoms with Crippen LogP contribution in [0.1, 0.15) is 59.8 Å². The van der Waals surface area contributed by atoms with E-state index in [0.717, 1.165) is 12.8 Å². The van der Waals surface area contributed by atoms with Crippen LogP contribution in [-0.2, 0) is 4.79 Å². The standard InChI is InChI=1S/C14H24O/c1-11-7-5-6-10-14(3,4)13(11)9-8-12(2)15/h7,13H,5-6,8-10H2,1-4H3. The van der Waals surface area contributed by atoms with Crippen LogP contribution in [0.3, 0.4) is 0 Å². The second-order valence-electron chi connectivity index (χ2n) is 5.62. The quantitative estimate of drug-likeness (QED) is 0.637. The highest BCUT2D eigenvalue weighted by atomic mass is 16.1. The molecule has 0 amide bonds. The van der Waals surface area contributed by atoms with Crippen LogP contribution in [0.25, 0.3) is 0 Å². The van der Waals surface area contributed by atoms with Crippen LogP contribution in [0, 0.1) is 11.3 Å². The van der Waals surface area contributed by atoms with Crippen molar-refractivity contribution < 1.29 is 4.79 Å². The van der Waals surface area contributed by atoms with Crippen LogP contribution in [0.15, 0.2) is 11.6 Å². The molecule has 0 bridgehead atoms. The van der Waals surface area contributed by atoms with Gasteiger partial charge in [0.05, 0.1) is 0 Å². The molecule has 0 spiro atoms. The van der Waals surface area contributed by atoms with Gasteiger partial charge >= 0.3 is 0 Å². The molecule has 1 atom stereocenters. The molecule has 1 heteroatoms. The predicted octanol–water partition coefficient (Wildman–Crippen LogP) is 4.13. The van der Waals surface area contributed by atoms with E-state index in [9.17, 15) is 4.79 Å². The van der Waals surface area contributed by atoms with Crippen LogP contribution in [0.4, 0.5) is 0 Å². The van der Waals surface area contributed by atoms with Crippen LogP contribution in [0.2, 0.25) is 0 Å². The average molecular weight is 208 g/mol. The molecule has 0 N–H and O–H groups in total. The minimum Gasteiger partial charge on any atom is -0.300 e. The van der Waals surface area contributed by atoms with Crippen LogP contribution < -0.4 is 0 Å². The molecule has 1 aliphatic carbocycles. The molecule has 1 aliphatic rings. The first-order valence-corrected chi connectivity index (χ1v) is 6.09. The lowest BCUT2D eigenvalue weighted by molar-refractivity contribution is -0.117. The molecule has 1 nitrogen and oxygen atoms in total. The number of carbonyl (C=O) groups is 1. The Balaban J connectivity index is 2.73. The summed E-state index contributed by atoms with van der Waals surface area (Å²) in [6.45, 7) is 8.63. The summed E-state index contributed by atoms with van der Waals surface area (Å²) in [4.78, 5) is 11.1. The van der Waals surface area contributed by atoms with Gasteiger partial charge in [-0.3, -0.25) is 0 Å². The maximum absolute atomic E-state index is 11.1. The van der Waals surface area contributed by atoms with Gasteiger partial charge < -0.3 is 4.79 Å². The van der Waals surface area contributed by atoms with E-state index >= 15 is 0 Å². The van der Waals surface area contributed by atoms with Crippen LogP contribution in [0.5, 0.6) is 0 Å². The van der Waals surface area contributed by atoms with Gasteiger partial charge in [0, 0.05) is 6.42 Å². The highest BCUT2D eigenvalue weighted by Crippen LogP contribution is 2.42. The van der Waals surface area contributed by atoms with Gasteiger partial charge in [-0.05, 0) is 50.9 Å². The van der Waals surface area contributed by atoms with Crippen molar-refractivity contribution in [1.82, 2.24) is 0 Å². The number of carbonyl (C=O) groups excluding carboxylic acids is 1. The minimum absolute atomic E-state index is 0.322. The van der Waals surface area contributed by atoms with Crippen LogP contribution >= 0.6 is 0 Å². The largest absolute Gasteiger partial charge is 0.300 e. The summed E-state index contributed by atoms with van der Waals surface area (Å²) in [6.07, 6.45) is 7.93. The summed E-state index contributed by atoms with van der Waals surface area (Å²) in [5, 5.41) is 0. The molecule has 0 saturated carbocycles. The fourth-order valence-corrected chi connectivity index (χ4v) is 2.79. The summed E-state index contributed by atoms with van der Waals surface area (Å²) >= 11 is 0. The van der Waals surface area contributed by atoms with Crippen molar-refractivity contribution in [2.45, 2.75) is 59.8 Å². The van der Waals surface area contributed by atoms with Gasteiger partial charge in [-0.2, -0.15) is 0 Å². The number of Topliss-reactive ketones (excluding diaryl/α,β-unsaturated/α-hetero) is 1. The van der Waals surface area contributed by atoms with Crippen molar-refractivity contribution in [3.05, 3.63) is 11.6 Å². The third-order valence-corrected chi connectivity index (χ3v) is 3.77. The highest BCUT2D eigenvalue weighted by Gasteiger charge is 2.31. The molecule has 1 rings (SSSR count). The molecular weight excluding hydrogens is 184 g/mol. The number of allylic oxidation sites excluding steroid dienone is 2. The summed E-state index contributed by atoms with van der Waals surface area (Å²) in [7, 11) is 0. The van der Waals surface area contributed by atoms with E-state index in [1.807, 2.05) is 0 Å². The Bertz CT molecular complexity index is 261. The Hall–Kier alpha value is -0.590. The summed E-state index contributed by atoms with van der Waals surface area (Å²) in [5.41, 5.74) is 1.87. The molecule has 86 valence electrons. The number of rotatable bonds is 3. The topological polar surface area (TPSA) is 17.1 Å². The zero-order valence-corrected chi connectivity index (χ0v) is 10.6. The van der Waals surface area contributed by atoms with Crippen molar-refractivity contribution >= 4 is 5.78 Å². The Morgan fingerprint density at radius 2 is 2.20 bits per heavy atom. The molecular formula is C14H24O. The monoisotopic (exact) mass is 208 g/mol. The number of hydrogen-bond acceptors (Lipinski definition) is 1. The second-order valence-corrected chi connectivity index (χ2v) is 5.62. The van der Waals surface area contributed by atoms with Gasteiger partial charge in [-0.1, -0.05) is 25.5 Å². The third-order valence-electron chi connectivity index (χ3n) is 3.77. The lowest BCUT2D eigenvalue weighted by Gasteiger charge is -2.34. The van der Waals surface area contributed by atoms with E-state index < -0.39 is 0 Å². The zero-order valence-electron chi connectivity index (χ0n) is 10.6. The Labute approximate surface area is 93.9 Å². The van der Waals surface area contributed by atoms with Gasteiger partial charge in [0.2, 0.25) is 0 Å². The average Bonchev–Trinajstić information content (AvgIpc) is 2.22. The van der Waals surface area contributed by atoms with E-state index in [4.69, 9.17) is 0 Å². The zero-order chi connectivity index (χ0) is 11.5. The Morgan fingerprint density at radius 3 is 2.80 bits per heavy atom. The first-order valence-electron chi connectivity index (χ1n) is 6.09. The first-order chi connectivity index (χ1) is 6.93. The van der Waals surface area contributed by atoms with E-state index in [2.05, 4.69) is 26.8 Å². The first kappa shape index (κ1) is 12.5. The molecule has 0 heterocycles. The van der Waals surface area contributed by atoms with Crippen molar-refractivity contribution in [3.63, 3.8) is 0 Å². The molecule has 1 unspecified atom stereocenters. The van der Waals surface area contributed by atoms with Gasteiger partial charge in [0.1, 0.15) is 5.78 Å². The summed E-state index contributed by atoms with van der Waals surface area (Å²) in [6, 6.07) is 0. The van der Waals surface area contributed by atoms with E-state index in [0.29, 0.717) is 17.1 Å². The number of hydrogen-bond donors (Lipinski definition) is 0.